The maximum Gasteiger partial charge on any atom is 0.119 e. The van der Waals surface area contributed by atoms with Gasteiger partial charge in [-0.2, -0.15) is 0 Å². The number of halogens is 1. The number of hydrogen-bond donors (Lipinski definition) is 1. The van der Waals surface area contributed by atoms with E-state index in [1.54, 1.807) is 7.11 Å². The van der Waals surface area contributed by atoms with Gasteiger partial charge in [0.05, 0.1) is 7.11 Å². The molecule has 2 nitrogen and oxygen atoms in total. The molecule has 2 N–H and O–H groups in total. The van der Waals surface area contributed by atoms with Crippen molar-refractivity contribution in [2.45, 2.75) is 25.3 Å². The largest absolute Gasteiger partial charge is 0.497 e. The van der Waals surface area contributed by atoms with Gasteiger partial charge in [0, 0.05) is 10.5 Å². The van der Waals surface area contributed by atoms with Gasteiger partial charge in [-0.3, -0.25) is 0 Å². The van der Waals surface area contributed by atoms with Gasteiger partial charge in [0.25, 0.3) is 0 Å². The Morgan fingerprint density at radius 3 is 2.73 bits per heavy atom. The monoisotopic (exact) mass is 269 g/mol. The van der Waals surface area contributed by atoms with Crippen LogP contribution in [0, 0.1) is 5.92 Å². The Balaban J connectivity index is 2.24. The van der Waals surface area contributed by atoms with Gasteiger partial charge in [-0.05, 0) is 42.5 Å². The number of ether oxygens (including phenoxy) is 1. The van der Waals surface area contributed by atoms with Gasteiger partial charge in [0.15, 0.2) is 0 Å². The predicted molar refractivity (Wildman–Crippen MR) is 65.0 cm³/mol. The van der Waals surface area contributed by atoms with Crippen LogP contribution in [0.2, 0.25) is 0 Å². The minimum atomic E-state index is 0.142. The van der Waals surface area contributed by atoms with Crippen molar-refractivity contribution in [3.8, 4) is 5.75 Å². The summed E-state index contributed by atoms with van der Waals surface area (Å²) in [5.74, 6) is 1.52. The zero-order chi connectivity index (χ0) is 10.8. The second-order valence-electron chi connectivity index (χ2n) is 4.10. The van der Waals surface area contributed by atoms with Crippen LogP contribution >= 0.6 is 15.9 Å². The Bertz CT molecular complexity index is 349. The van der Waals surface area contributed by atoms with Crippen molar-refractivity contribution < 1.29 is 4.74 Å². The summed E-state index contributed by atoms with van der Waals surface area (Å²) in [4.78, 5) is 0. The lowest BCUT2D eigenvalue weighted by Crippen LogP contribution is -2.27. The average Bonchev–Trinajstić information content (AvgIpc) is 2.15. The average molecular weight is 270 g/mol. The molecule has 1 aliphatic rings. The number of nitrogens with two attached hydrogens (primary N) is 1. The molecule has 1 aliphatic carbocycles. The highest BCUT2D eigenvalue weighted by Gasteiger charge is 2.26. The molecule has 1 aromatic rings. The molecule has 0 radical (unpaired) electrons. The first-order valence-electron chi connectivity index (χ1n) is 5.31. The molecule has 0 amide bonds. The summed E-state index contributed by atoms with van der Waals surface area (Å²) < 4.78 is 6.30. The number of methoxy groups -OCH3 is 1. The molecule has 0 heterocycles. The zero-order valence-electron chi connectivity index (χ0n) is 8.87. The van der Waals surface area contributed by atoms with Gasteiger partial charge < -0.3 is 10.5 Å². The van der Waals surface area contributed by atoms with Gasteiger partial charge in [-0.15, -0.1) is 0 Å². The molecule has 0 saturated heterocycles. The van der Waals surface area contributed by atoms with Crippen LogP contribution in [-0.2, 0) is 0 Å². The Morgan fingerprint density at radius 1 is 1.47 bits per heavy atom. The highest BCUT2D eigenvalue weighted by Crippen LogP contribution is 2.39. The van der Waals surface area contributed by atoms with Gasteiger partial charge in [0.2, 0.25) is 0 Å². The minimum Gasteiger partial charge on any atom is -0.497 e. The summed E-state index contributed by atoms with van der Waals surface area (Å²) >= 11 is 3.55. The normalized spacial score (nSPS) is 18.3. The molecule has 1 fully saturated rings. The molecule has 1 atom stereocenters. The van der Waals surface area contributed by atoms with E-state index in [0.29, 0.717) is 5.92 Å². The molecule has 0 bridgehead atoms. The Hall–Kier alpha value is -0.540. The quantitative estimate of drug-likeness (QED) is 0.915. The molecule has 1 saturated carbocycles. The molecule has 1 aromatic carbocycles. The van der Waals surface area contributed by atoms with Crippen molar-refractivity contribution >= 4 is 15.9 Å². The van der Waals surface area contributed by atoms with Crippen molar-refractivity contribution in [2.75, 3.05) is 7.11 Å². The lowest BCUT2D eigenvalue weighted by atomic mass is 9.77. The molecule has 3 heteroatoms. The van der Waals surface area contributed by atoms with E-state index in [1.807, 2.05) is 18.2 Å². The van der Waals surface area contributed by atoms with Crippen molar-refractivity contribution in [1.82, 2.24) is 0 Å². The van der Waals surface area contributed by atoms with E-state index in [9.17, 15) is 0 Å². The fourth-order valence-corrected chi connectivity index (χ4v) is 2.47. The number of rotatable bonds is 3. The molecule has 2 rings (SSSR count). The van der Waals surface area contributed by atoms with Crippen LogP contribution in [-0.4, -0.2) is 7.11 Å². The SMILES string of the molecule is COc1ccc(Br)c([C@@H](N)C2CCC2)c1. The number of benzene rings is 1. The third-order valence-electron chi connectivity index (χ3n) is 3.22. The first-order chi connectivity index (χ1) is 7.22. The van der Waals surface area contributed by atoms with Crippen LogP contribution in [0.15, 0.2) is 22.7 Å². The number of hydrogen-bond acceptors (Lipinski definition) is 2. The molecule has 0 aromatic heterocycles. The predicted octanol–water partition coefficient (Wildman–Crippen LogP) is 3.26. The van der Waals surface area contributed by atoms with Crippen LogP contribution in [0.1, 0.15) is 30.9 Å². The van der Waals surface area contributed by atoms with Gasteiger partial charge in [-0.25, -0.2) is 0 Å². The highest BCUT2D eigenvalue weighted by atomic mass is 79.9. The maximum absolute atomic E-state index is 6.24. The second kappa shape index (κ2) is 4.54. The first kappa shape index (κ1) is 11.0. The van der Waals surface area contributed by atoms with Crippen molar-refractivity contribution in [3.05, 3.63) is 28.2 Å². The lowest BCUT2D eigenvalue weighted by Gasteiger charge is -2.32. The summed E-state index contributed by atoms with van der Waals surface area (Å²) in [6.45, 7) is 0. The topological polar surface area (TPSA) is 35.2 Å². The maximum atomic E-state index is 6.24. The minimum absolute atomic E-state index is 0.142. The zero-order valence-corrected chi connectivity index (χ0v) is 10.5. The van der Waals surface area contributed by atoms with E-state index in [1.165, 1.54) is 24.8 Å². The van der Waals surface area contributed by atoms with E-state index in [2.05, 4.69) is 15.9 Å². The van der Waals surface area contributed by atoms with Crippen molar-refractivity contribution in [1.29, 1.82) is 0 Å². The summed E-state index contributed by atoms with van der Waals surface area (Å²) in [6, 6.07) is 6.13. The van der Waals surface area contributed by atoms with Gasteiger partial charge in [0.1, 0.15) is 5.75 Å². The lowest BCUT2D eigenvalue weighted by molar-refractivity contribution is 0.263. The van der Waals surface area contributed by atoms with Crippen LogP contribution < -0.4 is 10.5 Å². The van der Waals surface area contributed by atoms with E-state index >= 15 is 0 Å². The first-order valence-corrected chi connectivity index (χ1v) is 6.10. The summed E-state index contributed by atoms with van der Waals surface area (Å²) in [5, 5.41) is 0. The molecule has 0 aliphatic heterocycles. The molecule has 0 unspecified atom stereocenters. The molecule has 0 spiro atoms. The summed E-state index contributed by atoms with van der Waals surface area (Å²) in [6.07, 6.45) is 3.83. The van der Waals surface area contributed by atoms with E-state index < -0.39 is 0 Å². The van der Waals surface area contributed by atoms with Gasteiger partial charge in [-0.1, -0.05) is 22.4 Å². The fourth-order valence-electron chi connectivity index (χ4n) is 1.96. The molecular formula is C12H16BrNO. The van der Waals surface area contributed by atoms with Crippen LogP contribution in [0.25, 0.3) is 0 Å². The third kappa shape index (κ3) is 2.18. The molecule has 82 valence electrons. The second-order valence-corrected chi connectivity index (χ2v) is 4.96. The summed E-state index contributed by atoms with van der Waals surface area (Å²) in [5.41, 5.74) is 7.40. The standard InChI is InChI=1S/C12H16BrNO/c1-15-9-5-6-11(13)10(7-9)12(14)8-3-2-4-8/h5-8,12H,2-4,14H2,1H3/t12-/m0/s1. The van der Waals surface area contributed by atoms with Crippen LogP contribution in [0.3, 0.4) is 0 Å². The smallest absolute Gasteiger partial charge is 0.119 e. The van der Waals surface area contributed by atoms with E-state index in [4.69, 9.17) is 10.5 Å². The Labute approximate surface area is 98.9 Å². The Kier molecular flexibility index (Phi) is 3.32. The van der Waals surface area contributed by atoms with Crippen LogP contribution in [0.5, 0.6) is 5.75 Å². The van der Waals surface area contributed by atoms with E-state index in [-0.39, 0.29) is 6.04 Å². The highest BCUT2D eigenvalue weighted by molar-refractivity contribution is 9.10. The summed E-state index contributed by atoms with van der Waals surface area (Å²) in [7, 11) is 1.68. The molecular weight excluding hydrogens is 254 g/mol. The van der Waals surface area contributed by atoms with Gasteiger partial charge >= 0.3 is 0 Å². The van der Waals surface area contributed by atoms with Crippen molar-refractivity contribution in [3.63, 3.8) is 0 Å². The molecule has 15 heavy (non-hydrogen) atoms. The fraction of sp³-hybridized carbons (Fsp3) is 0.500. The third-order valence-corrected chi connectivity index (χ3v) is 3.94. The van der Waals surface area contributed by atoms with Crippen molar-refractivity contribution in [2.24, 2.45) is 11.7 Å². The van der Waals surface area contributed by atoms with Crippen LogP contribution in [0.4, 0.5) is 0 Å². The van der Waals surface area contributed by atoms with E-state index in [0.717, 1.165) is 10.2 Å². The Morgan fingerprint density at radius 2 is 2.20 bits per heavy atom.